The van der Waals surface area contributed by atoms with Gasteiger partial charge in [-0.05, 0) is 13.8 Å². The first-order valence-electron chi connectivity index (χ1n) is 46.9. The number of aliphatic hydroxyl groups is 30. The van der Waals surface area contributed by atoms with E-state index in [0.29, 0.717) is 0 Å². The van der Waals surface area contributed by atoms with Gasteiger partial charge in [-0.3, -0.25) is 24.0 Å². The third-order valence-corrected chi connectivity index (χ3v) is 27.0. The van der Waals surface area contributed by atoms with Crippen molar-refractivity contribution < 1.29 is 296 Å². The molecule has 0 radical (unpaired) electrons. The summed E-state index contributed by atoms with van der Waals surface area (Å²) in [7, 11) is 0. The molecular weight excluding hydrogens is 2010 g/mol. The number of hydrogen-bond acceptors (Lipinski definition) is 59. The highest BCUT2D eigenvalue weighted by molar-refractivity contribution is 5.75. The van der Waals surface area contributed by atoms with Gasteiger partial charge in [-0.25, -0.2) is 4.79 Å². The maximum absolute atomic E-state index is 14.0. The van der Waals surface area contributed by atoms with Gasteiger partial charge in [0.2, 0.25) is 29.5 Å². The Morgan fingerprint density at radius 1 is 0.211 bits per heavy atom. The average Bonchev–Trinajstić information content (AvgIpc) is 0.755. The van der Waals surface area contributed by atoms with Crippen LogP contribution in [0.2, 0.25) is 0 Å². The molecule has 0 spiro atoms. The van der Waals surface area contributed by atoms with E-state index >= 15 is 0 Å². The van der Waals surface area contributed by atoms with E-state index in [1.165, 1.54) is 6.92 Å². The van der Waals surface area contributed by atoms with Gasteiger partial charge in [0.25, 0.3) is 0 Å². The normalized spacial score (nSPS) is 49.5. The minimum atomic E-state index is -2.74. The van der Waals surface area contributed by atoms with Crippen LogP contribution in [0.1, 0.15) is 48.5 Å². The van der Waals surface area contributed by atoms with E-state index in [0.717, 1.165) is 41.5 Å². The SMILES string of the molecule is CC(=O)N[C@@H]1[C@@H](O)[C@H](O[C@@H]2O[C@H](CO)[C@@H](O[C@@H]3O[C@H](CO[C@H]4O[C@H](CO)[C@@H](O)[C@H](O)[C@@H]4O[C@@H]4O[C@H](CO)[C@@H](O)[C@H](O)[C@H]4NC(C)=O)[C@@H](O)[C@H](O[C@H]4O[C@H](CO)[C@@H](O)[C@H](O)[C@@H]4O[C@@H]4O[C@H](CO)[C@@H](O[C@@H]5O[C@H](CO)[C@H](O)[C@H](O[C@@H]6O[C@H](CO)[C@H](O)[C@H](O[C@@H]7O[C@H](C(=O)O)[C@@H](O)[C@H](O)[C@H]7O)[C@H]6O)[C@H]5NC(C)=O)[C@H](O[C@@H]5O[C@@H](C)[C@@H](O)[C@@H](O)[C@@H]5O)[C@H]4NC(C)=O)[C@@H]3O)[C@H](O)[C@H]2NC(C)=O)[C@@H](CO[C@@H]2O[C@@H](C)[C@@H](O)[C@@H](O)[C@@H]2O)O[C@H]1O. The van der Waals surface area contributed by atoms with Gasteiger partial charge in [-0.1, -0.05) is 0 Å². The number of carboxylic acid groups (broad SMARTS) is 1. The summed E-state index contributed by atoms with van der Waals surface area (Å²) in [5, 5.41) is 363. The van der Waals surface area contributed by atoms with Crippen molar-refractivity contribution >= 4 is 35.5 Å². The third-order valence-electron chi connectivity index (χ3n) is 27.0. The van der Waals surface area contributed by atoms with Gasteiger partial charge in [-0.15, -0.1) is 0 Å². The summed E-state index contributed by atoms with van der Waals surface area (Å²) in [6.07, 6.45) is -121. The van der Waals surface area contributed by atoms with Crippen LogP contribution in [0, 0.1) is 0 Å². The van der Waals surface area contributed by atoms with Crippen LogP contribution in [0.25, 0.3) is 0 Å². The van der Waals surface area contributed by atoms with Gasteiger partial charge < -0.3 is 294 Å². The highest BCUT2D eigenvalue weighted by atomic mass is 16.8. The number of amides is 5. The molecular formula is C82H135N5O60. The van der Waals surface area contributed by atoms with Crippen LogP contribution in [0.15, 0.2) is 0 Å². The highest BCUT2D eigenvalue weighted by Crippen LogP contribution is 2.43. The predicted octanol–water partition coefficient (Wildman–Crippen LogP) is -24.3. The van der Waals surface area contributed by atoms with Crippen molar-refractivity contribution in [3.8, 4) is 0 Å². The largest absolute Gasteiger partial charge is 0.479 e. The molecule has 65 heteroatoms. The Morgan fingerprint density at radius 2 is 0.497 bits per heavy atom. The Kier molecular flexibility index (Phi) is 42.6. The molecule has 12 heterocycles. The smallest absolute Gasteiger partial charge is 0.335 e. The van der Waals surface area contributed by atoms with E-state index in [-0.39, 0.29) is 0 Å². The van der Waals surface area contributed by atoms with Crippen molar-refractivity contribution in [2.24, 2.45) is 0 Å². The first-order valence-corrected chi connectivity index (χ1v) is 46.9. The first kappa shape index (κ1) is 120. The zero-order chi connectivity index (χ0) is 108. The monoisotopic (exact) mass is 2150 g/mol. The summed E-state index contributed by atoms with van der Waals surface area (Å²) >= 11 is 0. The maximum atomic E-state index is 14.0. The lowest BCUT2D eigenvalue weighted by Crippen LogP contribution is -2.72. The molecule has 36 N–H and O–H groups in total. The highest BCUT2D eigenvalue weighted by Gasteiger charge is 2.64. The molecule has 5 amide bonds. The topological polar surface area (TPSA) is 1000 Å². The molecule has 0 saturated carbocycles. The fraction of sp³-hybridized carbons (Fsp3) is 0.927. The van der Waals surface area contributed by atoms with Gasteiger partial charge in [0.15, 0.2) is 81.6 Å². The molecule has 65 nitrogen and oxygen atoms in total. The lowest BCUT2D eigenvalue weighted by Gasteiger charge is -2.53. The quantitative estimate of drug-likeness (QED) is 0.0275. The number of rotatable bonds is 37. The zero-order valence-corrected chi connectivity index (χ0v) is 79.2. The lowest BCUT2D eigenvalue weighted by atomic mass is 9.93. The molecule has 147 heavy (non-hydrogen) atoms. The van der Waals surface area contributed by atoms with Gasteiger partial charge in [0.1, 0.15) is 274 Å². The van der Waals surface area contributed by atoms with Gasteiger partial charge in [0.05, 0.1) is 71.7 Å². The van der Waals surface area contributed by atoms with Crippen LogP contribution < -0.4 is 26.6 Å². The number of ether oxygens (including phenoxy) is 23. The number of carboxylic acids is 1. The van der Waals surface area contributed by atoms with E-state index in [9.17, 15) is 187 Å². The second kappa shape index (κ2) is 52.0. The Hall–Kier alpha value is -5.30. The third kappa shape index (κ3) is 26.6. The molecule has 12 rings (SSSR count). The summed E-state index contributed by atoms with van der Waals surface area (Å²) in [5.41, 5.74) is 0. The van der Waals surface area contributed by atoms with Crippen LogP contribution in [0.5, 0.6) is 0 Å². The number of carbonyl (C=O) groups is 6. The minimum Gasteiger partial charge on any atom is -0.479 e. The molecule has 12 aliphatic rings. The molecule has 0 unspecified atom stereocenters. The Labute approximate surface area is 831 Å². The number of carbonyl (C=O) groups excluding carboxylic acids is 5. The van der Waals surface area contributed by atoms with Gasteiger partial charge in [0, 0.05) is 34.6 Å². The van der Waals surface area contributed by atoms with Crippen molar-refractivity contribution in [3.05, 3.63) is 0 Å². The summed E-state index contributed by atoms with van der Waals surface area (Å²) in [5.74, 6) is -6.94. The summed E-state index contributed by atoms with van der Waals surface area (Å²) in [6, 6.07) is -10.1. The van der Waals surface area contributed by atoms with E-state index in [2.05, 4.69) is 26.6 Å². The van der Waals surface area contributed by atoms with Crippen molar-refractivity contribution in [2.45, 2.75) is 417 Å². The lowest BCUT2D eigenvalue weighted by molar-refractivity contribution is -0.403. The molecule has 12 saturated heterocycles. The average molecular weight is 2150 g/mol. The zero-order valence-electron chi connectivity index (χ0n) is 79.2. The van der Waals surface area contributed by atoms with Gasteiger partial charge in [-0.2, -0.15) is 0 Å². The molecule has 0 aromatic carbocycles. The molecule has 60 atom stereocenters. The van der Waals surface area contributed by atoms with Crippen molar-refractivity contribution in [1.29, 1.82) is 0 Å². The fourth-order valence-corrected chi connectivity index (χ4v) is 19.1. The molecule has 12 fully saturated rings. The molecule has 0 bridgehead atoms. The second-order valence-corrected chi connectivity index (χ2v) is 37.4. The molecule has 12 aliphatic heterocycles. The summed E-state index contributed by atoms with van der Waals surface area (Å²) in [6.45, 7) is -3.92. The molecule has 848 valence electrons. The standard InChI is InChI=1S/C82H135N5O60/c1-17-38(100)49(111)55(117)76(127-17)125-16-32-61(47(109)33(71(124)129-32)83-19(3)95)138-73-35(85-21(5)97)48(110)60(29(13-93)135-73)139-80-59(121)66(45(107)31(137-80)15-126-81-68(52(114)41(103)25(9-89)133-81)146-72-34(84-20(4)96)46(108)40(102)24(8-88)130-72)144-82-69(53(115)42(104)26(10-90)134-82)147-75-37(87-23(7)99)64(142-77-56(118)50(112)39(101)18(2)128-77)62(30(14-94)136-75)140-74-36(86-22(6)98)63(43(105)27(11-91)131-74)141-79-58(120)65(44(106)28(12-92)132-79)143-78-57(119)51(113)54(116)67(145-78)70(122)123/h17-18,24-69,71-82,88-94,100-121,124H,8-16H2,1-7H3,(H,83,95)(H,84,96)(H,85,97)(H,86,98)(H,87,99)(H,122,123)/t17-,18-,24+,25+,26+,27+,28+,29+,30+,31+,32+,33+,34+,35+,36+,37+,38+,39+,40+,41+,42+,43-,44-,45+,46+,47+,48+,49+,50+,51-,52-,53-,54-,55-,56-,57+,58+,59-,60+,61+,62+,63+,64+,65-,66-,67-,68-,69-,71+,72-,73-,74-,75-,76+,77-,78+,79-,80-,81-,82+/m0/s1. The number of hydrogen-bond donors (Lipinski definition) is 36. The molecule has 0 aromatic heterocycles. The van der Waals surface area contributed by atoms with E-state index in [1.54, 1.807) is 0 Å². The van der Waals surface area contributed by atoms with Crippen LogP contribution in [-0.2, 0) is 138 Å². The molecule has 0 aromatic rings. The maximum Gasteiger partial charge on any atom is 0.335 e. The van der Waals surface area contributed by atoms with E-state index < -0.39 is 463 Å². The van der Waals surface area contributed by atoms with E-state index in [1.807, 2.05) is 0 Å². The number of aliphatic hydroxyl groups excluding tert-OH is 30. The number of aliphatic carboxylic acids is 1. The van der Waals surface area contributed by atoms with Crippen molar-refractivity contribution in [3.63, 3.8) is 0 Å². The minimum absolute atomic E-state index is 0.835. The predicted molar refractivity (Wildman–Crippen MR) is 451 cm³/mol. The Balaban J connectivity index is 0.901. The van der Waals surface area contributed by atoms with Crippen molar-refractivity contribution in [1.82, 2.24) is 26.6 Å². The second-order valence-electron chi connectivity index (χ2n) is 37.4. The number of nitrogens with one attached hydrogen (secondary N) is 5. The van der Waals surface area contributed by atoms with Crippen LogP contribution in [0.3, 0.4) is 0 Å². The van der Waals surface area contributed by atoms with Crippen LogP contribution in [0.4, 0.5) is 0 Å². The Bertz CT molecular complexity index is 4190. The van der Waals surface area contributed by atoms with E-state index in [4.69, 9.17) is 109 Å². The van der Waals surface area contributed by atoms with Gasteiger partial charge >= 0.3 is 5.97 Å². The fourth-order valence-electron chi connectivity index (χ4n) is 19.1. The van der Waals surface area contributed by atoms with Crippen LogP contribution >= 0.6 is 0 Å². The summed E-state index contributed by atoms with van der Waals surface area (Å²) < 4.78 is 139. The first-order chi connectivity index (χ1) is 69.4. The summed E-state index contributed by atoms with van der Waals surface area (Å²) in [4.78, 5) is 78.3. The van der Waals surface area contributed by atoms with Crippen molar-refractivity contribution in [2.75, 3.05) is 59.5 Å². The molecule has 0 aliphatic carbocycles. The van der Waals surface area contributed by atoms with Crippen LogP contribution in [-0.4, -0.2) is 621 Å². The Morgan fingerprint density at radius 3 is 0.980 bits per heavy atom.